The van der Waals surface area contributed by atoms with Gasteiger partial charge in [0.25, 0.3) is 11.8 Å². The molecule has 6 heteroatoms. The summed E-state index contributed by atoms with van der Waals surface area (Å²) in [7, 11) is 1.56. The van der Waals surface area contributed by atoms with E-state index in [4.69, 9.17) is 4.74 Å². The summed E-state index contributed by atoms with van der Waals surface area (Å²) in [5.41, 5.74) is 4.79. The van der Waals surface area contributed by atoms with Crippen LogP contribution in [0.1, 0.15) is 52.6 Å². The van der Waals surface area contributed by atoms with Crippen LogP contribution in [0.25, 0.3) is 0 Å². The Hall–Kier alpha value is -2.34. The number of aryl methyl sites for hydroxylation is 1. The molecule has 0 aliphatic carbocycles. The van der Waals surface area contributed by atoms with Gasteiger partial charge < -0.3 is 4.74 Å². The zero-order valence-corrected chi connectivity index (χ0v) is 18.1. The van der Waals surface area contributed by atoms with Gasteiger partial charge in [-0.15, -0.1) is 0 Å². The Morgan fingerprint density at radius 1 is 1.11 bits per heavy atom. The molecule has 0 fully saturated rings. The Morgan fingerprint density at radius 2 is 1.78 bits per heavy atom. The van der Waals surface area contributed by atoms with E-state index >= 15 is 0 Å². The molecule has 0 radical (unpaired) electrons. The normalized spacial score (nSPS) is 11.1. The van der Waals surface area contributed by atoms with Gasteiger partial charge in [0, 0.05) is 21.2 Å². The third-order valence-corrected chi connectivity index (χ3v) is 4.58. The maximum absolute atomic E-state index is 13.2. The highest BCUT2D eigenvalue weighted by Crippen LogP contribution is 2.24. The molecule has 0 aromatic heterocycles. The van der Waals surface area contributed by atoms with Crippen molar-refractivity contribution in [2.75, 3.05) is 7.11 Å². The Balaban J connectivity index is 2.39. The quantitative estimate of drug-likeness (QED) is 0.717. The van der Waals surface area contributed by atoms with Crippen molar-refractivity contribution < 1.29 is 14.3 Å². The zero-order valence-electron chi connectivity index (χ0n) is 16.5. The molecule has 2 aromatic rings. The van der Waals surface area contributed by atoms with E-state index in [0.29, 0.717) is 16.9 Å². The lowest BCUT2D eigenvalue weighted by atomic mass is 10.0. The number of carbonyl (C=O) groups is 2. The average molecular weight is 433 g/mol. The Bertz CT molecular complexity index is 852. The number of methoxy groups -OCH3 is 1. The highest BCUT2D eigenvalue weighted by molar-refractivity contribution is 9.10. The molecule has 0 spiro atoms. The first-order valence-electron chi connectivity index (χ1n) is 8.61. The third-order valence-electron chi connectivity index (χ3n) is 4.13. The Morgan fingerprint density at radius 3 is 2.33 bits per heavy atom. The van der Waals surface area contributed by atoms with Gasteiger partial charge in [0.05, 0.1) is 12.6 Å². The second-order valence-corrected chi connectivity index (χ2v) is 8.32. The van der Waals surface area contributed by atoms with Crippen molar-refractivity contribution in [2.45, 2.75) is 40.2 Å². The number of nitrogens with one attached hydrogen (secondary N) is 1. The maximum Gasteiger partial charge on any atom is 0.273 e. The van der Waals surface area contributed by atoms with E-state index < -0.39 is 5.54 Å². The summed E-state index contributed by atoms with van der Waals surface area (Å²) in [6, 6.07) is 10.7. The summed E-state index contributed by atoms with van der Waals surface area (Å²) in [5.74, 6) is -0.00848. The monoisotopic (exact) mass is 432 g/mol. The van der Waals surface area contributed by atoms with Gasteiger partial charge in [0.2, 0.25) is 0 Å². The van der Waals surface area contributed by atoms with Crippen molar-refractivity contribution in [1.82, 2.24) is 10.4 Å². The molecule has 0 aliphatic rings. The van der Waals surface area contributed by atoms with Gasteiger partial charge in [0.1, 0.15) is 5.75 Å². The molecule has 5 nitrogen and oxygen atoms in total. The number of hydrogen-bond donors (Lipinski definition) is 1. The number of halogens is 1. The summed E-state index contributed by atoms with van der Waals surface area (Å²) in [6.45, 7) is 9.34. The molecule has 1 N–H and O–H groups in total. The topological polar surface area (TPSA) is 58.6 Å². The van der Waals surface area contributed by atoms with Crippen molar-refractivity contribution in [3.8, 4) is 5.75 Å². The molecule has 2 amide bonds. The van der Waals surface area contributed by atoms with Crippen LogP contribution in [-0.4, -0.2) is 29.5 Å². The van der Waals surface area contributed by atoms with E-state index in [-0.39, 0.29) is 11.8 Å². The molecule has 0 heterocycles. The van der Waals surface area contributed by atoms with Crippen molar-refractivity contribution >= 4 is 27.7 Å². The van der Waals surface area contributed by atoms with Crippen LogP contribution in [-0.2, 0) is 0 Å². The standard InChI is InChI=1S/C21H25BrN2O3/c1-13-10-15(12-16(22)11-13)19(25)23-24(21(3,4)5)20(26)17-8-7-9-18(27-6)14(17)2/h7-12H,1-6H3,(H,23,25). The lowest BCUT2D eigenvalue weighted by Crippen LogP contribution is -2.56. The minimum absolute atomic E-state index is 0.293. The van der Waals surface area contributed by atoms with Crippen LogP contribution in [0.5, 0.6) is 5.75 Å². The molecule has 0 unspecified atom stereocenters. The van der Waals surface area contributed by atoms with Gasteiger partial charge in [0.15, 0.2) is 0 Å². The van der Waals surface area contributed by atoms with E-state index in [9.17, 15) is 9.59 Å². The van der Waals surface area contributed by atoms with E-state index in [0.717, 1.165) is 15.6 Å². The second kappa shape index (κ2) is 8.13. The van der Waals surface area contributed by atoms with Gasteiger partial charge in [-0.1, -0.05) is 22.0 Å². The number of rotatable bonds is 3. The number of ether oxygens (including phenoxy) is 1. The van der Waals surface area contributed by atoms with Crippen molar-refractivity contribution in [1.29, 1.82) is 0 Å². The number of amides is 2. The van der Waals surface area contributed by atoms with Gasteiger partial charge in [-0.3, -0.25) is 15.0 Å². The first-order valence-corrected chi connectivity index (χ1v) is 9.40. The predicted octanol–water partition coefficient (Wildman–Crippen LogP) is 4.66. The number of hydrazine groups is 1. The van der Waals surface area contributed by atoms with E-state index in [1.54, 1.807) is 37.4 Å². The average Bonchev–Trinajstić information content (AvgIpc) is 2.57. The molecule has 2 rings (SSSR count). The molecular formula is C21H25BrN2O3. The molecule has 144 valence electrons. The summed E-state index contributed by atoms with van der Waals surface area (Å²) >= 11 is 3.40. The summed E-state index contributed by atoms with van der Waals surface area (Å²) in [5, 5.41) is 1.37. The number of benzene rings is 2. The van der Waals surface area contributed by atoms with Crippen molar-refractivity contribution in [3.05, 3.63) is 63.1 Å². The van der Waals surface area contributed by atoms with Crippen LogP contribution in [0.4, 0.5) is 0 Å². The van der Waals surface area contributed by atoms with Crippen molar-refractivity contribution in [3.63, 3.8) is 0 Å². The smallest absolute Gasteiger partial charge is 0.273 e. The summed E-state index contributed by atoms with van der Waals surface area (Å²) in [4.78, 5) is 26.0. The molecule has 2 aromatic carbocycles. The molecule has 0 saturated carbocycles. The molecule has 0 aliphatic heterocycles. The Kier molecular flexibility index (Phi) is 6.31. The van der Waals surface area contributed by atoms with Crippen LogP contribution >= 0.6 is 15.9 Å². The molecule has 0 atom stereocenters. The highest BCUT2D eigenvalue weighted by Gasteiger charge is 2.31. The molecule has 0 bridgehead atoms. The third kappa shape index (κ3) is 4.89. The van der Waals surface area contributed by atoms with E-state index in [2.05, 4.69) is 21.4 Å². The molecule has 27 heavy (non-hydrogen) atoms. The van der Waals surface area contributed by atoms with Crippen LogP contribution < -0.4 is 10.2 Å². The fourth-order valence-electron chi connectivity index (χ4n) is 2.74. The lowest BCUT2D eigenvalue weighted by Gasteiger charge is -2.36. The Labute approximate surface area is 168 Å². The molecular weight excluding hydrogens is 408 g/mol. The van der Waals surface area contributed by atoms with Gasteiger partial charge in [-0.25, -0.2) is 5.01 Å². The first-order chi connectivity index (χ1) is 12.5. The van der Waals surface area contributed by atoms with E-state index in [1.807, 2.05) is 40.7 Å². The predicted molar refractivity (Wildman–Crippen MR) is 110 cm³/mol. The fourth-order valence-corrected chi connectivity index (χ4v) is 3.35. The van der Waals surface area contributed by atoms with E-state index in [1.165, 1.54) is 5.01 Å². The van der Waals surface area contributed by atoms with Crippen molar-refractivity contribution in [2.24, 2.45) is 0 Å². The van der Waals surface area contributed by atoms with Crippen LogP contribution in [0.2, 0.25) is 0 Å². The minimum atomic E-state index is -0.622. The van der Waals surface area contributed by atoms with Crippen LogP contribution in [0.15, 0.2) is 40.9 Å². The lowest BCUT2D eigenvalue weighted by molar-refractivity contribution is 0.0357. The number of hydrogen-bond acceptors (Lipinski definition) is 3. The van der Waals surface area contributed by atoms with Crippen LogP contribution in [0.3, 0.4) is 0 Å². The SMILES string of the molecule is COc1cccc(C(=O)N(NC(=O)c2cc(C)cc(Br)c2)C(C)(C)C)c1C. The maximum atomic E-state index is 13.2. The number of carbonyl (C=O) groups excluding carboxylic acids is 2. The highest BCUT2D eigenvalue weighted by atomic mass is 79.9. The van der Waals surface area contributed by atoms with Gasteiger partial charge in [-0.2, -0.15) is 0 Å². The van der Waals surface area contributed by atoms with Crippen LogP contribution in [0, 0.1) is 13.8 Å². The fraction of sp³-hybridized carbons (Fsp3) is 0.333. The summed E-state index contributed by atoms with van der Waals surface area (Å²) < 4.78 is 6.12. The first kappa shape index (κ1) is 21.0. The summed E-state index contributed by atoms with van der Waals surface area (Å²) in [6.07, 6.45) is 0. The number of nitrogens with zero attached hydrogens (tertiary/aromatic N) is 1. The molecule has 0 saturated heterocycles. The largest absolute Gasteiger partial charge is 0.496 e. The second-order valence-electron chi connectivity index (χ2n) is 7.40. The van der Waals surface area contributed by atoms with Gasteiger partial charge >= 0.3 is 0 Å². The van der Waals surface area contributed by atoms with Gasteiger partial charge in [-0.05, 0) is 70.5 Å². The minimum Gasteiger partial charge on any atom is -0.496 e. The zero-order chi connectivity index (χ0) is 20.4.